The summed E-state index contributed by atoms with van der Waals surface area (Å²) in [7, 11) is 0. The van der Waals surface area contributed by atoms with Crippen molar-refractivity contribution in [3.63, 3.8) is 0 Å². The summed E-state index contributed by atoms with van der Waals surface area (Å²) in [5.74, 6) is 2.28. The van der Waals surface area contributed by atoms with Gasteiger partial charge >= 0.3 is 0 Å². The minimum atomic E-state index is 0. The van der Waals surface area contributed by atoms with Crippen LogP contribution in [0, 0.1) is 24.8 Å². The second-order valence-electron chi connectivity index (χ2n) is 12.1. The van der Waals surface area contributed by atoms with Crippen LogP contribution in [-0.4, -0.2) is 15.9 Å². The van der Waals surface area contributed by atoms with Gasteiger partial charge in [-0.3, -0.25) is 4.79 Å². The number of nitrogens with zero attached hydrogens (tertiary/aromatic N) is 1. The number of hydrogen-bond donors (Lipinski definition) is 1. The van der Waals surface area contributed by atoms with Gasteiger partial charge in [0.05, 0.1) is 11.5 Å². The maximum atomic E-state index is 11.7. The van der Waals surface area contributed by atoms with Crippen LogP contribution in [0.25, 0.3) is 32.8 Å². The predicted octanol–water partition coefficient (Wildman–Crippen LogP) is 10.4. The number of aliphatic hydroxyl groups excluding tert-OH is 1. The smallest absolute Gasteiger partial charge is 0.162 e. The average molecular weight is 743 g/mol. The van der Waals surface area contributed by atoms with Crippen LogP contribution >= 0.6 is 0 Å². The fourth-order valence-electron chi connectivity index (χ4n) is 5.59. The summed E-state index contributed by atoms with van der Waals surface area (Å²) in [5, 5.41) is 14.3. The van der Waals surface area contributed by atoms with Gasteiger partial charge in [-0.25, -0.2) is 0 Å². The molecule has 5 rings (SSSR count). The molecule has 1 aliphatic rings. The Hall–Kier alpha value is -3.01. The van der Waals surface area contributed by atoms with Crippen molar-refractivity contribution in [3.05, 3.63) is 77.7 Å². The minimum Gasteiger partial charge on any atom is -0.512 e. The van der Waals surface area contributed by atoms with Crippen molar-refractivity contribution in [2.45, 2.75) is 86.5 Å². The molecule has 0 saturated carbocycles. The summed E-state index contributed by atoms with van der Waals surface area (Å²) >= 11 is 0. The third-order valence-electron chi connectivity index (χ3n) is 8.37. The first-order chi connectivity index (χ1) is 19.5. The zero-order valence-corrected chi connectivity index (χ0v) is 28.6. The Labute approximate surface area is 264 Å². The Kier molecular flexibility index (Phi) is 11.1. The Morgan fingerprint density at radius 2 is 1.67 bits per heavy atom. The van der Waals surface area contributed by atoms with Crippen LogP contribution in [0.5, 0.6) is 11.5 Å². The Bertz CT molecular complexity index is 1590. The maximum absolute atomic E-state index is 11.7. The van der Waals surface area contributed by atoms with E-state index in [4.69, 9.17) is 9.72 Å². The van der Waals surface area contributed by atoms with E-state index >= 15 is 0 Å². The number of aromatic nitrogens is 1. The van der Waals surface area contributed by atoms with Crippen molar-refractivity contribution in [2.75, 3.05) is 0 Å². The molecule has 0 spiro atoms. The van der Waals surface area contributed by atoms with E-state index in [1.165, 1.54) is 17.2 Å². The van der Waals surface area contributed by atoms with Gasteiger partial charge in [-0.15, -0.1) is 23.8 Å². The Morgan fingerprint density at radius 3 is 2.29 bits per heavy atom. The molecule has 0 amide bonds. The molecule has 42 heavy (non-hydrogen) atoms. The first kappa shape index (κ1) is 33.5. The number of rotatable bonds is 7. The van der Waals surface area contributed by atoms with Crippen LogP contribution in [0.2, 0.25) is 0 Å². The van der Waals surface area contributed by atoms with Crippen LogP contribution in [0.3, 0.4) is 0 Å². The molecule has 1 radical (unpaired) electrons. The van der Waals surface area contributed by atoms with E-state index < -0.39 is 0 Å². The summed E-state index contributed by atoms with van der Waals surface area (Å²) in [6.45, 7) is 16.9. The van der Waals surface area contributed by atoms with Gasteiger partial charge in [0.1, 0.15) is 5.75 Å². The van der Waals surface area contributed by atoms with Crippen molar-refractivity contribution in [1.82, 2.24) is 4.98 Å². The second-order valence-corrected chi connectivity index (χ2v) is 12.1. The molecular formula is C37H44IrNO3-. The van der Waals surface area contributed by atoms with E-state index in [1.807, 2.05) is 52.1 Å². The maximum Gasteiger partial charge on any atom is 0.162 e. The Morgan fingerprint density at radius 1 is 1.00 bits per heavy atom. The number of ketones is 1. The van der Waals surface area contributed by atoms with E-state index in [9.17, 15) is 9.90 Å². The van der Waals surface area contributed by atoms with Crippen LogP contribution < -0.4 is 4.74 Å². The summed E-state index contributed by atoms with van der Waals surface area (Å²) in [6.07, 6.45) is 6.88. The van der Waals surface area contributed by atoms with E-state index in [1.54, 1.807) is 0 Å². The third kappa shape index (κ3) is 6.79. The summed E-state index contributed by atoms with van der Waals surface area (Å²) in [6, 6.07) is 18.1. The van der Waals surface area contributed by atoms with Gasteiger partial charge < -0.3 is 14.8 Å². The number of hydrogen-bond acceptors (Lipinski definition) is 4. The molecule has 0 bridgehead atoms. The quantitative estimate of drug-likeness (QED) is 0.102. The largest absolute Gasteiger partial charge is 0.512 e. The van der Waals surface area contributed by atoms with Crippen LogP contribution in [0.15, 0.2) is 60.5 Å². The van der Waals surface area contributed by atoms with E-state index in [0.717, 1.165) is 70.0 Å². The fourth-order valence-corrected chi connectivity index (χ4v) is 5.59. The first-order valence-corrected chi connectivity index (χ1v) is 15.0. The number of allylic oxidation sites excluding steroid dienone is 2. The molecule has 1 aliphatic heterocycles. The molecule has 0 saturated heterocycles. The molecule has 225 valence electrons. The summed E-state index contributed by atoms with van der Waals surface area (Å²) < 4.78 is 6.40. The zero-order chi connectivity index (χ0) is 29.9. The molecule has 2 heterocycles. The number of ether oxygens (including phenoxy) is 1. The Balaban J connectivity index is 0.000000263. The van der Waals surface area contributed by atoms with Gasteiger partial charge in [0, 0.05) is 60.7 Å². The predicted molar refractivity (Wildman–Crippen MR) is 171 cm³/mol. The topological polar surface area (TPSA) is 59.4 Å². The summed E-state index contributed by atoms with van der Waals surface area (Å²) in [4.78, 5) is 16.5. The van der Waals surface area contributed by atoms with Crippen LogP contribution in [0.1, 0.15) is 85.3 Å². The molecule has 4 nitrogen and oxygen atoms in total. The van der Waals surface area contributed by atoms with Crippen LogP contribution in [0.4, 0.5) is 0 Å². The average Bonchev–Trinajstić information content (AvgIpc) is 2.94. The molecule has 5 heteroatoms. The van der Waals surface area contributed by atoms with Crippen molar-refractivity contribution in [1.29, 1.82) is 0 Å². The van der Waals surface area contributed by atoms with E-state index in [2.05, 4.69) is 58.0 Å². The fraction of sp³-hybridized carbons (Fsp3) is 0.405. The van der Waals surface area contributed by atoms with Gasteiger partial charge in [0.25, 0.3) is 0 Å². The number of carbonyl (C=O) groups excluding carboxylic acids is 1. The van der Waals surface area contributed by atoms with Crippen molar-refractivity contribution < 1.29 is 34.7 Å². The standard InChI is InChI=1S/C24H20NO.C13H24O2.Ir/c1-14-11-16(24(2,3)4)12-18-19(14)13-25-22-17-9-5-7-15-8-6-10-20(21(15)17)26-23(18)22;1-5-10(6-2)12(14)9-13(15)11(7-3)8-4;/h5-8,10-13H,1-4H3;9-11,14H,5-8H2,1-4H3;/q-1;;/b;12-9-;. The molecule has 0 atom stereocenters. The number of fused-ring (bicyclic) bond motifs is 4. The van der Waals surface area contributed by atoms with Crippen molar-refractivity contribution in [3.8, 4) is 22.8 Å². The monoisotopic (exact) mass is 743 g/mol. The third-order valence-corrected chi connectivity index (χ3v) is 8.37. The molecule has 0 fully saturated rings. The SMILES string of the molecule is CCC(CC)C(=O)/C=C(\O)C(CC)CC.Cc1cc(C(C)(C)C)cc2c3c(ncc12)-c1[c-]ccc2cccc(c12)O3.[Ir]. The zero-order valence-electron chi connectivity index (χ0n) is 26.2. The molecule has 4 aromatic rings. The number of carbonyl (C=O) groups is 1. The molecule has 1 N–H and O–H groups in total. The van der Waals surface area contributed by atoms with Crippen molar-refractivity contribution >= 4 is 27.3 Å². The van der Waals surface area contributed by atoms with Gasteiger partial charge in [-0.1, -0.05) is 77.4 Å². The number of pyridine rings is 1. The molecule has 0 unspecified atom stereocenters. The molecule has 1 aromatic heterocycles. The molecule has 0 aliphatic carbocycles. The normalized spacial score (nSPS) is 12.5. The van der Waals surface area contributed by atoms with Crippen LogP contribution in [-0.2, 0) is 30.3 Å². The number of aliphatic hydroxyl groups is 1. The number of aryl methyl sites for hydroxylation is 1. The van der Waals surface area contributed by atoms with E-state index in [0.29, 0.717) is 0 Å². The van der Waals surface area contributed by atoms with Gasteiger partial charge in [-0.05, 0) is 61.3 Å². The molecular weight excluding hydrogens is 699 g/mol. The van der Waals surface area contributed by atoms with Crippen molar-refractivity contribution in [2.24, 2.45) is 11.8 Å². The minimum absolute atomic E-state index is 0. The second kappa shape index (κ2) is 14.0. The summed E-state index contributed by atoms with van der Waals surface area (Å²) in [5.41, 5.74) is 4.52. The van der Waals surface area contributed by atoms with Gasteiger partial charge in [0.15, 0.2) is 5.78 Å². The van der Waals surface area contributed by atoms with Gasteiger partial charge in [-0.2, -0.15) is 0 Å². The van der Waals surface area contributed by atoms with E-state index in [-0.39, 0.29) is 48.9 Å². The first-order valence-electron chi connectivity index (χ1n) is 15.0. The number of benzene rings is 3. The molecule has 3 aromatic carbocycles. The van der Waals surface area contributed by atoms with Gasteiger partial charge in [0.2, 0.25) is 0 Å².